The quantitative estimate of drug-likeness (QED) is 0.810. The molecule has 0 radical (unpaired) electrons. The Kier molecular flexibility index (Phi) is 5.03. The Morgan fingerprint density at radius 3 is 2.67 bits per heavy atom. The fourth-order valence-electron chi connectivity index (χ4n) is 1.61. The number of carbonyl (C=O) groups excluding carboxylic acids is 2. The molecule has 1 aromatic heterocycles. The number of benzene rings is 1. The number of carbonyl (C=O) groups is 2. The van der Waals surface area contributed by atoms with Crippen molar-refractivity contribution in [2.75, 3.05) is 0 Å². The van der Waals surface area contributed by atoms with Crippen LogP contribution in [0.2, 0.25) is 0 Å². The van der Waals surface area contributed by atoms with Crippen LogP contribution in [0, 0.1) is 0 Å². The first-order valence-electron chi connectivity index (χ1n) is 6.03. The summed E-state index contributed by atoms with van der Waals surface area (Å²) in [5, 5.41) is 2.22. The third-order valence-corrected chi connectivity index (χ3v) is 4.22. The number of amides is 3. The number of hydrogen-bond donors (Lipinski definition) is 2. The van der Waals surface area contributed by atoms with Crippen molar-refractivity contribution in [2.24, 2.45) is 5.73 Å². The fraction of sp³-hybridized carbons (Fsp3) is 0.154. The van der Waals surface area contributed by atoms with E-state index in [0.29, 0.717) is 5.16 Å². The summed E-state index contributed by atoms with van der Waals surface area (Å²) in [6.07, 6.45) is 3.47. The molecule has 6 nitrogen and oxygen atoms in total. The molecule has 0 aliphatic rings. The number of nitrogens with two attached hydrogens (primary N) is 1. The smallest absolute Gasteiger partial charge is 0.318 e. The molecule has 110 valence electrons. The van der Waals surface area contributed by atoms with Gasteiger partial charge < -0.3 is 5.73 Å². The highest BCUT2D eigenvalue weighted by atomic mass is 79.9. The predicted octanol–water partition coefficient (Wildman–Crippen LogP) is 2.31. The highest BCUT2D eigenvalue weighted by Gasteiger charge is 2.18. The van der Waals surface area contributed by atoms with Crippen molar-refractivity contribution in [2.45, 2.75) is 17.3 Å². The van der Waals surface area contributed by atoms with E-state index in [1.165, 1.54) is 11.8 Å². The van der Waals surface area contributed by atoms with Crippen molar-refractivity contribution >= 4 is 39.6 Å². The van der Waals surface area contributed by atoms with Crippen LogP contribution in [0.3, 0.4) is 0 Å². The van der Waals surface area contributed by atoms with Crippen LogP contribution in [0.4, 0.5) is 4.79 Å². The summed E-state index contributed by atoms with van der Waals surface area (Å²) < 4.78 is 2.85. The third kappa shape index (κ3) is 4.08. The Morgan fingerprint density at radius 2 is 2.05 bits per heavy atom. The molecule has 1 atom stereocenters. The first kappa shape index (κ1) is 15.6. The number of nitrogens with one attached hydrogen (secondary N) is 1. The maximum absolute atomic E-state index is 11.7. The van der Waals surface area contributed by atoms with E-state index >= 15 is 0 Å². The maximum Gasteiger partial charge on any atom is 0.318 e. The van der Waals surface area contributed by atoms with E-state index in [4.69, 9.17) is 5.73 Å². The summed E-state index contributed by atoms with van der Waals surface area (Å²) in [4.78, 5) is 26.6. The number of imidazole rings is 1. The molecule has 3 amide bonds. The first-order valence-corrected chi connectivity index (χ1v) is 7.71. The van der Waals surface area contributed by atoms with E-state index in [1.807, 2.05) is 35.0 Å². The van der Waals surface area contributed by atoms with Crippen molar-refractivity contribution in [3.63, 3.8) is 0 Å². The van der Waals surface area contributed by atoms with Gasteiger partial charge in [-0.1, -0.05) is 27.7 Å². The van der Waals surface area contributed by atoms with Gasteiger partial charge >= 0.3 is 6.03 Å². The lowest BCUT2D eigenvalue weighted by Crippen LogP contribution is -2.39. The number of primary amides is 1. The SMILES string of the molecule is CC(Sc1nccn1-c1ccc(Br)cc1)C(=O)NC(N)=O. The van der Waals surface area contributed by atoms with Crippen LogP contribution in [0.25, 0.3) is 5.69 Å². The average molecular weight is 369 g/mol. The summed E-state index contributed by atoms with van der Waals surface area (Å²) in [5.41, 5.74) is 5.87. The normalized spacial score (nSPS) is 11.9. The molecule has 1 aromatic carbocycles. The van der Waals surface area contributed by atoms with E-state index < -0.39 is 17.2 Å². The maximum atomic E-state index is 11.7. The Balaban J connectivity index is 2.15. The van der Waals surface area contributed by atoms with Crippen LogP contribution in [0.1, 0.15) is 6.92 Å². The molecule has 0 aliphatic carbocycles. The molecule has 2 aromatic rings. The summed E-state index contributed by atoms with van der Waals surface area (Å²) in [6, 6.07) is 6.86. The number of aromatic nitrogens is 2. The van der Waals surface area contributed by atoms with Crippen molar-refractivity contribution in [3.05, 3.63) is 41.1 Å². The molecular weight excluding hydrogens is 356 g/mol. The van der Waals surface area contributed by atoms with E-state index in [1.54, 1.807) is 13.1 Å². The third-order valence-electron chi connectivity index (χ3n) is 2.61. The van der Waals surface area contributed by atoms with Crippen LogP contribution in [0.5, 0.6) is 0 Å². The van der Waals surface area contributed by atoms with Gasteiger partial charge in [-0.15, -0.1) is 0 Å². The Morgan fingerprint density at radius 1 is 1.38 bits per heavy atom. The summed E-state index contributed by atoms with van der Waals surface area (Å²) >= 11 is 4.63. The standard InChI is InChI=1S/C13H13BrN4O2S/c1-8(11(19)17-12(15)20)21-13-16-6-7-18(13)10-4-2-9(14)3-5-10/h2-8H,1H3,(H3,15,17,19,20). The molecule has 0 spiro atoms. The minimum atomic E-state index is -0.858. The monoisotopic (exact) mass is 368 g/mol. The number of thioether (sulfide) groups is 1. The lowest BCUT2D eigenvalue weighted by molar-refractivity contribution is -0.119. The molecule has 0 saturated heterocycles. The molecule has 0 aliphatic heterocycles. The van der Waals surface area contributed by atoms with Gasteiger partial charge in [-0.05, 0) is 31.2 Å². The summed E-state index contributed by atoms with van der Waals surface area (Å²) in [6.45, 7) is 1.68. The number of rotatable bonds is 4. The summed E-state index contributed by atoms with van der Waals surface area (Å²) in [7, 11) is 0. The van der Waals surface area contributed by atoms with Crippen molar-refractivity contribution in [1.29, 1.82) is 0 Å². The number of imide groups is 1. The van der Waals surface area contributed by atoms with Crippen LogP contribution in [-0.4, -0.2) is 26.7 Å². The zero-order chi connectivity index (χ0) is 15.4. The van der Waals surface area contributed by atoms with Gasteiger partial charge in [0, 0.05) is 22.6 Å². The van der Waals surface area contributed by atoms with Crippen molar-refractivity contribution in [1.82, 2.24) is 14.9 Å². The van der Waals surface area contributed by atoms with Crippen LogP contribution >= 0.6 is 27.7 Å². The fourth-order valence-corrected chi connectivity index (χ4v) is 2.76. The number of halogens is 1. The zero-order valence-corrected chi connectivity index (χ0v) is 13.5. The van der Waals surface area contributed by atoms with Crippen LogP contribution in [0.15, 0.2) is 46.3 Å². The van der Waals surface area contributed by atoms with E-state index in [0.717, 1.165) is 10.2 Å². The van der Waals surface area contributed by atoms with Crippen molar-refractivity contribution in [3.8, 4) is 5.69 Å². The molecule has 1 heterocycles. The molecule has 3 N–H and O–H groups in total. The second-order valence-corrected chi connectivity index (χ2v) is 6.39. The second-order valence-electron chi connectivity index (χ2n) is 4.17. The molecule has 0 saturated carbocycles. The highest BCUT2D eigenvalue weighted by Crippen LogP contribution is 2.25. The lowest BCUT2D eigenvalue weighted by Gasteiger charge is -2.11. The van der Waals surface area contributed by atoms with Crippen molar-refractivity contribution < 1.29 is 9.59 Å². The molecule has 0 bridgehead atoms. The Hall–Kier alpha value is -1.80. The van der Waals surface area contributed by atoms with Gasteiger partial charge in [0.05, 0.1) is 5.25 Å². The summed E-state index contributed by atoms with van der Waals surface area (Å²) in [5.74, 6) is -0.446. The minimum absolute atomic E-state index is 0.446. The van der Waals surface area contributed by atoms with Gasteiger partial charge in [0.2, 0.25) is 5.91 Å². The van der Waals surface area contributed by atoms with Crippen LogP contribution in [-0.2, 0) is 4.79 Å². The molecule has 0 fully saturated rings. The first-order chi connectivity index (χ1) is 9.97. The Bertz CT molecular complexity index is 656. The van der Waals surface area contributed by atoms with E-state index in [-0.39, 0.29) is 0 Å². The molecular formula is C13H13BrN4O2S. The Labute approximate surface area is 134 Å². The lowest BCUT2D eigenvalue weighted by atomic mass is 10.3. The zero-order valence-electron chi connectivity index (χ0n) is 11.1. The molecule has 1 unspecified atom stereocenters. The average Bonchev–Trinajstić information content (AvgIpc) is 2.87. The van der Waals surface area contributed by atoms with E-state index in [9.17, 15) is 9.59 Å². The molecule has 8 heteroatoms. The van der Waals surface area contributed by atoms with Gasteiger partial charge in [-0.3, -0.25) is 14.7 Å². The largest absolute Gasteiger partial charge is 0.351 e. The van der Waals surface area contributed by atoms with Gasteiger partial charge in [-0.25, -0.2) is 9.78 Å². The number of nitrogens with zero attached hydrogens (tertiary/aromatic N) is 2. The minimum Gasteiger partial charge on any atom is -0.351 e. The number of urea groups is 1. The molecule has 21 heavy (non-hydrogen) atoms. The van der Waals surface area contributed by atoms with Gasteiger partial charge in [-0.2, -0.15) is 0 Å². The van der Waals surface area contributed by atoms with Gasteiger partial charge in [0.1, 0.15) is 0 Å². The predicted molar refractivity (Wildman–Crippen MR) is 84.3 cm³/mol. The molecule has 2 rings (SSSR count). The second kappa shape index (κ2) is 6.77. The topological polar surface area (TPSA) is 90.0 Å². The van der Waals surface area contributed by atoms with Gasteiger partial charge in [0.15, 0.2) is 5.16 Å². The van der Waals surface area contributed by atoms with Gasteiger partial charge in [0.25, 0.3) is 0 Å². The van der Waals surface area contributed by atoms with E-state index in [2.05, 4.69) is 26.2 Å². The number of hydrogen-bond acceptors (Lipinski definition) is 4. The van der Waals surface area contributed by atoms with Crippen LogP contribution < -0.4 is 11.1 Å². The highest BCUT2D eigenvalue weighted by molar-refractivity contribution is 9.10.